The summed E-state index contributed by atoms with van der Waals surface area (Å²) in [5.41, 5.74) is 4.02. The Bertz CT molecular complexity index is 1560. The Morgan fingerprint density at radius 3 is 2.10 bits per heavy atom. The van der Waals surface area contributed by atoms with Crippen LogP contribution < -0.4 is 15.5 Å². The Morgan fingerprint density at radius 2 is 1.45 bits per heavy atom. The lowest BCUT2D eigenvalue weighted by atomic mass is 10.1. The first-order valence-electron chi connectivity index (χ1n) is 12.5. The van der Waals surface area contributed by atoms with Crippen molar-refractivity contribution in [2.75, 3.05) is 24.3 Å². The zero-order chi connectivity index (χ0) is 28.5. The molecule has 6 nitrogen and oxygen atoms in total. The molecule has 200 valence electrons. The van der Waals surface area contributed by atoms with E-state index in [4.69, 9.17) is 11.6 Å². The second-order valence-corrected chi connectivity index (χ2v) is 9.58. The molecular weight excluding hydrogens is 522 g/mol. The quantitative estimate of drug-likeness (QED) is 0.180. The Morgan fingerprint density at radius 1 is 0.750 bits per heavy atom. The predicted octanol–water partition coefficient (Wildman–Crippen LogP) is 6.71. The van der Waals surface area contributed by atoms with E-state index in [1.807, 2.05) is 61.5 Å². The summed E-state index contributed by atoms with van der Waals surface area (Å²) < 4.78 is 0. The number of benzene rings is 4. The van der Waals surface area contributed by atoms with Gasteiger partial charge in [-0.2, -0.15) is 0 Å². The van der Waals surface area contributed by atoms with Gasteiger partial charge in [-0.25, -0.2) is 0 Å². The minimum absolute atomic E-state index is 0.0797. The van der Waals surface area contributed by atoms with E-state index in [1.165, 1.54) is 6.08 Å². The van der Waals surface area contributed by atoms with E-state index in [9.17, 15) is 14.4 Å². The smallest absolute Gasteiger partial charge is 0.272 e. The van der Waals surface area contributed by atoms with Gasteiger partial charge < -0.3 is 15.5 Å². The molecule has 7 heteroatoms. The fourth-order valence-corrected chi connectivity index (χ4v) is 3.97. The molecule has 0 aliphatic carbocycles. The summed E-state index contributed by atoms with van der Waals surface area (Å²) in [6.07, 6.45) is 4.79. The van der Waals surface area contributed by atoms with E-state index in [1.54, 1.807) is 72.8 Å². The van der Waals surface area contributed by atoms with Crippen LogP contribution in [-0.4, -0.2) is 31.7 Å². The number of allylic oxidation sites excluding steroid dienone is 1. The molecule has 0 aliphatic heterocycles. The van der Waals surface area contributed by atoms with E-state index in [2.05, 4.69) is 10.6 Å². The zero-order valence-electron chi connectivity index (χ0n) is 22.1. The average molecular weight is 550 g/mol. The monoisotopic (exact) mass is 549 g/mol. The maximum atomic E-state index is 13.3. The molecule has 4 aromatic carbocycles. The van der Waals surface area contributed by atoms with E-state index in [0.717, 1.165) is 16.8 Å². The number of nitrogens with zero attached hydrogens (tertiary/aromatic N) is 1. The SMILES string of the molecule is CN(C)c1ccc(/C=C(\NC(=O)c2ccccc2)C(=O)Nc2ccc(C(=O)/C=C/c3cccc(Cl)c3)cc2)cc1. The van der Waals surface area contributed by atoms with Crippen LogP contribution in [0.1, 0.15) is 31.8 Å². The lowest BCUT2D eigenvalue weighted by molar-refractivity contribution is -0.113. The maximum absolute atomic E-state index is 13.3. The average Bonchev–Trinajstić information content (AvgIpc) is 2.96. The molecule has 0 saturated carbocycles. The second kappa shape index (κ2) is 13.2. The molecule has 2 N–H and O–H groups in total. The second-order valence-electron chi connectivity index (χ2n) is 9.15. The van der Waals surface area contributed by atoms with Crippen LogP contribution in [0.3, 0.4) is 0 Å². The van der Waals surface area contributed by atoms with Gasteiger partial charge in [-0.3, -0.25) is 14.4 Å². The van der Waals surface area contributed by atoms with E-state index >= 15 is 0 Å². The fourth-order valence-electron chi connectivity index (χ4n) is 3.77. The van der Waals surface area contributed by atoms with Gasteiger partial charge in [-0.1, -0.05) is 60.1 Å². The van der Waals surface area contributed by atoms with Crippen LogP contribution in [0.15, 0.2) is 115 Å². The van der Waals surface area contributed by atoms with Gasteiger partial charge in [0, 0.05) is 41.6 Å². The number of amides is 2. The van der Waals surface area contributed by atoms with Gasteiger partial charge in [-0.05, 0) is 83.9 Å². The van der Waals surface area contributed by atoms with Crippen LogP contribution in [0.4, 0.5) is 11.4 Å². The molecule has 4 aromatic rings. The number of hydrogen-bond acceptors (Lipinski definition) is 4. The lowest BCUT2D eigenvalue weighted by Crippen LogP contribution is -2.30. The number of anilines is 2. The van der Waals surface area contributed by atoms with Crippen molar-refractivity contribution in [3.05, 3.63) is 142 Å². The topological polar surface area (TPSA) is 78.5 Å². The molecule has 0 aliphatic rings. The highest BCUT2D eigenvalue weighted by atomic mass is 35.5. The van der Waals surface area contributed by atoms with Crippen molar-refractivity contribution in [2.24, 2.45) is 0 Å². The third-order valence-electron chi connectivity index (χ3n) is 5.95. The largest absolute Gasteiger partial charge is 0.378 e. The molecular formula is C33H28ClN3O3. The van der Waals surface area contributed by atoms with Crippen LogP contribution >= 0.6 is 11.6 Å². The maximum Gasteiger partial charge on any atom is 0.272 e. The standard InChI is InChI=1S/C33H28ClN3O3/c1-37(2)29-18-11-24(12-19-29)22-30(36-32(39)26-8-4-3-5-9-26)33(40)35-28-16-14-25(15-17-28)31(38)20-13-23-7-6-10-27(34)21-23/h3-22H,1-2H3,(H,35,40)(H,36,39)/b20-13+,30-22-. The van der Waals surface area contributed by atoms with Crippen LogP contribution in [0.2, 0.25) is 5.02 Å². The molecule has 40 heavy (non-hydrogen) atoms. The van der Waals surface area contributed by atoms with Crippen LogP contribution in [-0.2, 0) is 4.79 Å². The zero-order valence-corrected chi connectivity index (χ0v) is 22.9. The van der Waals surface area contributed by atoms with Gasteiger partial charge in [0.1, 0.15) is 5.70 Å². The molecule has 0 bridgehead atoms. The van der Waals surface area contributed by atoms with E-state index in [-0.39, 0.29) is 11.5 Å². The van der Waals surface area contributed by atoms with Crippen molar-refractivity contribution in [1.82, 2.24) is 5.32 Å². The highest BCUT2D eigenvalue weighted by Gasteiger charge is 2.15. The van der Waals surface area contributed by atoms with Crippen LogP contribution in [0, 0.1) is 0 Å². The summed E-state index contributed by atoms with van der Waals surface area (Å²) in [5.74, 6) is -1.09. The number of carbonyl (C=O) groups is 3. The van der Waals surface area contributed by atoms with E-state index < -0.39 is 11.8 Å². The summed E-state index contributed by atoms with van der Waals surface area (Å²) in [5, 5.41) is 6.13. The molecule has 4 rings (SSSR count). The Balaban J connectivity index is 1.50. The molecule has 0 saturated heterocycles. The van der Waals surface area contributed by atoms with E-state index in [0.29, 0.717) is 21.8 Å². The van der Waals surface area contributed by atoms with Gasteiger partial charge in [0.25, 0.3) is 11.8 Å². The summed E-state index contributed by atoms with van der Waals surface area (Å²) >= 11 is 6.00. The molecule has 0 heterocycles. The molecule has 0 aromatic heterocycles. The summed E-state index contributed by atoms with van der Waals surface area (Å²) in [6, 6.07) is 30.0. The number of halogens is 1. The van der Waals surface area contributed by atoms with Crippen molar-refractivity contribution in [3.8, 4) is 0 Å². The minimum atomic E-state index is -0.499. The van der Waals surface area contributed by atoms with Gasteiger partial charge in [0.15, 0.2) is 5.78 Å². The van der Waals surface area contributed by atoms with Crippen molar-refractivity contribution >= 4 is 52.7 Å². The lowest BCUT2D eigenvalue weighted by Gasteiger charge is -2.13. The predicted molar refractivity (Wildman–Crippen MR) is 163 cm³/mol. The highest BCUT2D eigenvalue weighted by Crippen LogP contribution is 2.17. The number of nitrogens with one attached hydrogen (secondary N) is 2. The fraction of sp³-hybridized carbons (Fsp3) is 0.0606. The number of carbonyl (C=O) groups excluding carboxylic acids is 3. The van der Waals surface area contributed by atoms with Crippen LogP contribution in [0.25, 0.3) is 12.2 Å². The molecule has 0 unspecified atom stereocenters. The number of rotatable bonds is 9. The molecule has 0 spiro atoms. The Kier molecular flexibility index (Phi) is 9.28. The molecule has 0 atom stereocenters. The third-order valence-corrected chi connectivity index (χ3v) is 6.19. The van der Waals surface area contributed by atoms with Gasteiger partial charge in [-0.15, -0.1) is 0 Å². The normalized spacial score (nSPS) is 11.2. The summed E-state index contributed by atoms with van der Waals surface area (Å²) in [6.45, 7) is 0. The molecule has 0 fully saturated rings. The summed E-state index contributed by atoms with van der Waals surface area (Å²) in [7, 11) is 3.89. The van der Waals surface area contributed by atoms with Gasteiger partial charge in [0.05, 0.1) is 0 Å². The minimum Gasteiger partial charge on any atom is -0.378 e. The first kappa shape index (κ1) is 28.1. The first-order chi connectivity index (χ1) is 19.3. The van der Waals surface area contributed by atoms with Gasteiger partial charge >= 0.3 is 0 Å². The van der Waals surface area contributed by atoms with Crippen molar-refractivity contribution in [1.29, 1.82) is 0 Å². The van der Waals surface area contributed by atoms with Crippen LogP contribution in [0.5, 0.6) is 0 Å². The number of ketones is 1. The highest BCUT2D eigenvalue weighted by molar-refractivity contribution is 6.30. The molecule has 0 radical (unpaired) electrons. The Labute approximate surface area is 238 Å². The van der Waals surface area contributed by atoms with Crippen molar-refractivity contribution < 1.29 is 14.4 Å². The van der Waals surface area contributed by atoms with Crippen molar-refractivity contribution in [3.63, 3.8) is 0 Å². The number of hydrogen-bond donors (Lipinski definition) is 2. The van der Waals surface area contributed by atoms with Crippen molar-refractivity contribution in [2.45, 2.75) is 0 Å². The third kappa shape index (κ3) is 7.79. The first-order valence-corrected chi connectivity index (χ1v) is 12.9. The molecule has 2 amide bonds. The van der Waals surface area contributed by atoms with Gasteiger partial charge in [0.2, 0.25) is 0 Å². The summed E-state index contributed by atoms with van der Waals surface area (Å²) in [4.78, 5) is 40.7. The Hall–Kier alpha value is -4.94.